The quantitative estimate of drug-likeness (QED) is 0.143. The first-order chi connectivity index (χ1) is 17.9. The van der Waals surface area contributed by atoms with Gasteiger partial charge in [0, 0.05) is 10.6 Å². The Morgan fingerprint density at radius 1 is 0.946 bits per heavy atom. The lowest BCUT2D eigenvalue weighted by molar-refractivity contribution is -0.479. The highest BCUT2D eigenvalue weighted by Gasteiger charge is 2.25. The van der Waals surface area contributed by atoms with Crippen LogP contribution in [0.1, 0.15) is 27.8 Å². The molecule has 0 amide bonds. The summed E-state index contributed by atoms with van der Waals surface area (Å²) in [7, 11) is 3.16. The van der Waals surface area contributed by atoms with E-state index in [1.807, 2.05) is 73.0 Å². The van der Waals surface area contributed by atoms with Gasteiger partial charge in [-0.3, -0.25) is 14.7 Å². The first-order valence-corrected chi connectivity index (χ1v) is 12.5. The summed E-state index contributed by atoms with van der Waals surface area (Å²) in [5, 5.41) is 20.1. The Labute approximate surface area is 219 Å². The molecule has 4 aromatic rings. The second-order valence-corrected chi connectivity index (χ2v) is 9.54. The van der Waals surface area contributed by atoms with Crippen LogP contribution in [0.2, 0.25) is 0 Å². The third kappa shape index (κ3) is 6.39. The van der Waals surface area contributed by atoms with Gasteiger partial charge in [0.2, 0.25) is 6.54 Å². The fraction of sp³-hybridized carbons (Fsp3) is 0.259. The molecule has 0 fully saturated rings. The first-order valence-electron chi connectivity index (χ1n) is 11.6. The predicted octanol–water partition coefficient (Wildman–Crippen LogP) is 5.59. The maximum atomic E-state index is 11.6. The highest BCUT2D eigenvalue weighted by Crippen LogP contribution is 2.39. The minimum Gasteiger partial charge on any atom is -0.497 e. The molecule has 10 heteroatoms. The van der Waals surface area contributed by atoms with Gasteiger partial charge in [-0.2, -0.15) is 0 Å². The highest BCUT2D eigenvalue weighted by molar-refractivity contribution is 7.99. The van der Waals surface area contributed by atoms with Crippen molar-refractivity contribution in [3.63, 3.8) is 0 Å². The zero-order valence-electron chi connectivity index (χ0n) is 21.1. The van der Waals surface area contributed by atoms with E-state index in [1.165, 1.54) is 17.3 Å². The molecule has 1 atom stereocenters. The van der Waals surface area contributed by atoms with Gasteiger partial charge in [0.1, 0.15) is 23.4 Å². The third-order valence-electron chi connectivity index (χ3n) is 5.76. The highest BCUT2D eigenvalue weighted by atomic mass is 32.2. The third-order valence-corrected chi connectivity index (χ3v) is 6.94. The molecule has 3 aromatic carbocycles. The monoisotopic (exact) mass is 520 g/mol. The van der Waals surface area contributed by atoms with Gasteiger partial charge in [-0.05, 0) is 61.4 Å². The van der Waals surface area contributed by atoms with Gasteiger partial charge in [-0.25, -0.2) is 0 Å². The number of hydrogen-bond donors (Lipinski definition) is 0. The summed E-state index contributed by atoms with van der Waals surface area (Å²) in [5.74, 6) is 2.47. The van der Waals surface area contributed by atoms with E-state index in [0.29, 0.717) is 29.1 Å². The van der Waals surface area contributed by atoms with E-state index in [-0.39, 0.29) is 11.5 Å². The van der Waals surface area contributed by atoms with E-state index < -0.39 is 5.25 Å². The lowest BCUT2D eigenvalue weighted by Gasteiger charge is -2.17. The van der Waals surface area contributed by atoms with Crippen LogP contribution in [0, 0.1) is 24.0 Å². The molecule has 0 bridgehead atoms. The van der Waals surface area contributed by atoms with Crippen molar-refractivity contribution in [1.82, 2.24) is 14.8 Å². The van der Waals surface area contributed by atoms with Gasteiger partial charge in [0.05, 0.1) is 14.2 Å². The summed E-state index contributed by atoms with van der Waals surface area (Å²) in [6.45, 7) is 3.96. The maximum absolute atomic E-state index is 11.6. The molecule has 0 unspecified atom stereocenters. The van der Waals surface area contributed by atoms with Crippen LogP contribution in [0.4, 0.5) is 0 Å². The van der Waals surface area contributed by atoms with Gasteiger partial charge in [-0.1, -0.05) is 47.7 Å². The molecule has 0 aliphatic heterocycles. The molecule has 9 nitrogen and oxygen atoms in total. The molecule has 37 heavy (non-hydrogen) atoms. The predicted molar refractivity (Wildman–Crippen MR) is 142 cm³/mol. The van der Waals surface area contributed by atoms with Crippen molar-refractivity contribution in [2.75, 3.05) is 20.8 Å². The summed E-state index contributed by atoms with van der Waals surface area (Å²) >= 11 is 1.28. The number of benzene rings is 3. The van der Waals surface area contributed by atoms with Gasteiger partial charge in [-0.15, -0.1) is 10.2 Å². The molecular formula is C27H28N4O5S. The Morgan fingerprint density at radius 2 is 1.68 bits per heavy atom. The van der Waals surface area contributed by atoms with Crippen LogP contribution in [-0.2, 0) is 6.61 Å². The van der Waals surface area contributed by atoms with Crippen LogP contribution >= 0.6 is 11.8 Å². The lowest BCUT2D eigenvalue weighted by Crippen LogP contribution is -2.11. The molecule has 192 valence electrons. The van der Waals surface area contributed by atoms with E-state index in [1.54, 1.807) is 26.4 Å². The standard InChI is InChI=1S/C27H28N4O5S/c1-18-5-7-20(8-6-18)17-36-24-14-9-21(15-25(24)35-4)26(16-30(32)33)37-27-29-28-19(2)31(27)22-10-12-23(34-3)13-11-22/h5-15,26H,16-17H2,1-4H3/t26-/m0/s1. The Kier molecular flexibility index (Phi) is 8.29. The summed E-state index contributed by atoms with van der Waals surface area (Å²) in [6.07, 6.45) is 0. The van der Waals surface area contributed by atoms with Gasteiger partial charge >= 0.3 is 0 Å². The van der Waals surface area contributed by atoms with Crippen LogP contribution < -0.4 is 14.2 Å². The molecular weight excluding hydrogens is 492 g/mol. The number of rotatable bonds is 11. The molecule has 1 aromatic heterocycles. The number of thioether (sulfide) groups is 1. The van der Waals surface area contributed by atoms with Crippen molar-refractivity contribution >= 4 is 11.8 Å². The van der Waals surface area contributed by atoms with E-state index in [2.05, 4.69) is 10.2 Å². The Balaban J connectivity index is 1.59. The van der Waals surface area contributed by atoms with Crippen molar-refractivity contribution in [3.8, 4) is 22.9 Å². The van der Waals surface area contributed by atoms with Crippen LogP contribution in [-0.4, -0.2) is 40.5 Å². The first kappa shape index (κ1) is 26.0. The van der Waals surface area contributed by atoms with Gasteiger partial charge < -0.3 is 14.2 Å². The number of methoxy groups -OCH3 is 2. The number of nitro groups is 1. The zero-order chi connectivity index (χ0) is 26.4. The SMILES string of the molecule is COc1ccc(-n2c(C)nnc2S[C@@H](C[N+](=O)[O-])c2ccc(OCc3ccc(C)cc3)c(OC)c2)cc1. The minimum absolute atomic E-state index is 0.300. The Hall–Kier alpha value is -4.05. The van der Waals surface area contributed by atoms with E-state index >= 15 is 0 Å². The number of ether oxygens (including phenoxy) is 3. The number of aromatic nitrogens is 3. The van der Waals surface area contributed by atoms with Crippen molar-refractivity contribution < 1.29 is 19.1 Å². The van der Waals surface area contributed by atoms with Crippen LogP contribution in [0.25, 0.3) is 5.69 Å². The summed E-state index contributed by atoms with van der Waals surface area (Å²) in [5.41, 5.74) is 3.77. The van der Waals surface area contributed by atoms with Crippen molar-refractivity contribution in [1.29, 1.82) is 0 Å². The molecule has 0 N–H and O–H groups in total. The number of nitrogens with zero attached hydrogens (tertiary/aromatic N) is 4. The fourth-order valence-corrected chi connectivity index (χ4v) is 4.93. The second-order valence-electron chi connectivity index (χ2n) is 8.37. The average molecular weight is 521 g/mol. The van der Waals surface area contributed by atoms with Gasteiger partial charge in [0.15, 0.2) is 16.7 Å². The molecule has 0 spiro atoms. The lowest BCUT2D eigenvalue weighted by atomic mass is 10.1. The van der Waals surface area contributed by atoms with E-state index in [9.17, 15) is 10.1 Å². The second kappa shape index (κ2) is 11.8. The molecule has 4 rings (SSSR count). The molecule has 0 saturated heterocycles. The number of hydrogen-bond acceptors (Lipinski definition) is 8. The van der Waals surface area contributed by atoms with Crippen LogP contribution in [0.5, 0.6) is 17.2 Å². The van der Waals surface area contributed by atoms with Crippen molar-refractivity contribution in [2.45, 2.75) is 30.9 Å². The smallest absolute Gasteiger partial charge is 0.220 e. The summed E-state index contributed by atoms with van der Waals surface area (Å²) in [4.78, 5) is 11.3. The molecule has 0 aliphatic rings. The summed E-state index contributed by atoms with van der Waals surface area (Å²) < 4.78 is 18.7. The largest absolute Gasteiger partial charge is 0.497 e. The van der Waals surface area contributed by atoms with Crippen molar-refractivity contribution in [2.24, 2.45) is 0 Å². The zero-order valence-corrected chi connectivity index (χ0v) is 21.9. The van der Waals surface area contributed by atoms with Crippen LogP contribution in [0.15, 0.2) is 71.9 Å². The molecule has 1 heterocycles. The Bertz CT molecular complexity index is 1360. The topological polar surface area (TPSA) is 102 Å². The average Bonchev–Trinajstić information content (AvgIpc) is 3.27. The van der Waals surface area contributed by atoms with Crippen molar-refractivity contribution in [3.05, 3.63) is 99.4 Å². The number of aryl methyl sites for hydroxylation is 2. The Morgan fingerprint density at radius 3 is 2.32 bits per heavy atom. The van der Waals surface area contributed by atoms with E-state index in [0.717, 1.165) is 22.6 Å². The van der Waals surface area contributed by atoms with Crippen LogP contribution in [0.3, 0.4) is 0 Å². The van der Waals surface area contributed by atoms with Gasteiger partial charge in [0.25, 0.3) is 0 Å². The normalized spacial score (nSPS) is 11.7. The maximum Gasteiger partial charge on any atom is 0.220 e. The molecule has 0 radical (unpaired) electrons. The summed E-state index contributed by atoms with van der Waals surface area (Å²) in [6, 6.07) is 21.0. The molecule has 0 aliphatic carbocycles. The van der Waals surface area contributed by atoms with E-state index in [4.69, 9.17) is 14.2 Å². The minimum atomic E-state index is -0.532. The fourth-order valence-electron chi connectivity index (χ4n) is 3.77. The molecule has 0 saturated carbocycles.